The molecule has 0 aromatic carbocycles. The fraction of sp³-hybridized carbons (Fsp3) is 0.733. The van der Waals surface area contributed by atoms with Crippen molar-refractivity contribution in [3.05, 3.63) is 17.8 Å². The van der Waals surface area contributed by atoms with E-state index in [4.69, 9.17) is 4.42 Å². The third-order valence-corrected chi connectivity index (χ3v) is 4.86. The zero-order valence-corrected chi connectivity index (χ0v) is 18.2. The molecule has 0 bridgehead atoms. The van der Waals surface area contributed by atoms with E-state index in [0.717, 1.165) is 5.76 Å². The summed E-state index contributed by atoms with van der Waals surface area (Å²) in [7, 11) is -2.99. The second-order valence-electron chi connectivity index (χ2n) is 6.23. The summed E-state index contributed by atoms with van der Waals surface area (Å²) < 4.78 is 28.7. The molecule has 1 rings (SSSR count). The third-order valence-electron chi connectivity index (χ3n) is 3.15. The van der Waals surface area contributed by atoms with Crippen molar-refractivity contribution >= 4 is 39.8 Å². The minimum Gasteiger partial charge on any atom is -0.443 e. The van der Waals surface area contributed by atoms with Gasteiger partial charge in [-0.3, -0.25) is 0 Å². The Bertz CT molecular complexity index is 621. The molecule has 0 aliphatic rings. The Labute approximate surface area is 162 Å². The molecule has 140 valence electrons. The molecule has 1 aromatic rings. The Balaban J connectivity index is 0.00000529. The zero-order valence-electron chi connectivity index (χ0n) is 15.0. The van der Waals surface area contributed by atoms with Gasteiger partial charge >= 0.3 is 0 Å². The number of sulfone groups is 1. The first-order valence-electron chi connectivity index (χ1n) is 7.85. The normalized spacial score (nSPS) is 12.6. The molecule has 9 heteroatoms. The molecule has 0 aliphatic carbocycles. The third kappa shape index (κ3) is 8.32. The Kier molecular flexibility index (Phi) is 9.86. The lowest BCUT2D eigenvalue weighted by molar-refractivity contribution is 0.383. The number of nitrogens with zero attached hydrogens (tertiary/aromatic N) is 2. The van der Waals surface area contributed by atoms with Gasteiger partial charge in [-0.1, -0.05) is 27.7 Å². The fourth-order valence-corrected chi connectivity index (χ4v) is 2.39. The van der Waals surface area contributed by atoms with E-state index in [-0.39, 0.29) is 40.9 Å². The number of aromatic nitrogens is 1. The summed E-state index contributed by atoms with van der Waals surface area (Å²) in [6.07, 6.45) is 1.72. The SMILES string of the molecule is CCNC(=NCc1ncc(C(C)(C)C)o1)NCCS(=O)(=O)CC.I. The van der Waals surface area contributed by atoms with E-state index in [2.05, 4.69) is 41.4 Å². The highest BCUT2D eigenvalue weighted by Gasteiger charge is 2.19. The van der Waals surface area contributed by atoms with Crippen LogP contribution in [0.25, 0.3) is 0 Å². The number of aliphatic imine (C=N–C) groups is 1. The quantitative estimate of drug-likeness (QED) is 0.359. The van der Waals surface area contributed by atoms with Crippen LogP contribution in [0.1, 0.15) is 46.3 Å². The number of hydrogen-bond acceptors (Lipinski definition) is 5. The lowest BCUT2D eigenvalue weighted by atomic mass is 9.94. The number of oxazole rings is 1. The summed E-state index contributed by atoms with van der Waals surface area (Å²) in [5.74, 6) is 2.13. The Hall–Kier alpha value is -0.840. The zero-order chi connectivity index (χ0) is 17.5. The van der Waals surface area contributed by atoms with E-state index in [0.29, 0.717) is 31.5 Å². The largest absolute Gasteiger partial charge is 0.443 e. The molecule has 0 saturated carbocycles. The van der Waals surface area contributed by atoms with Gasteiger partial charge in [0.2, 0.25) is 5.89 Å². The predicted octanol–water partition coefficient (Wildman–Crippen LogP) is 2.08. The van der Waals surface area contributed by atoms with Gasteiger partial charge < -0.3 is 15.1 Å². The first-order valence-corrected chi connectivity index (χ1v) is 9.68. The summed E-state index contributed by atoms with van der Waals surface area (Å²) in [6, 6.07) is 0. The molecule has 7 nitrogen and oxygen atoms in total. The predicted molar refractivity (Wildman–Crippen MR) is 108 cm³/mol. The first-order chi connectivity index (χ1) is 10.7. The number of nitrogens with one attached hydrogen (secondary N) is 2. The van der Waals surface area contributed by atoms with Gasteiger partial charge in [0.05, 0.1) is 11.9 Å². The van der Waals surface area contributed by atoms with Gasteiger partial charge in [-0.2, -0.15) is 0 Å². The molecule has 0 unspecified atom stereocenters. The van der Waals surface area contributed by atoms with Gasteiger partial charge in [-0.15, -0.1) is 24.0 Å². The van der Waals surface area contributed by atoms with Crippen molar-refractivity contribution in [3.8, 4) is 0 Å². The van der Waals surface area contributed by atoms with Crippen molar-refractivity contribution in [3.63, 3.8) is 0 Å². The minimum atomic E-state index is -2.99. The summed E-state index contributed by atoms with van der Waals surface area (Å²) in [4.78, 5) is 8.59. The second-order valence-corrected chi connectivity index (χ2v) is 8.70. The van der Waals surface area contributed by atoms with E-state index in [9.17, 15) is 8.42 Å². The van der Waals surface area contributed by atoms with Crippen molar-refractivity contribution in [2.24, 2.45) is 4.99 Å². The standard InChI is InChI=1S/C15H28N4O3S.HI/c1-6-16-14(17-8-9-23(20,21)7-2)19-11-13-18-10-12(22-13)15(3,4)5;/h10H,6-9,11H2,1-5H3,(H2,16,17,19);1H. The van der Waals surface area contributed by atoms with Crippen molar-refractivity contribution in [2.75, 3.05) is 24.6 Å². The van der Waals surface area contributed by atoms with Gasteiger partial charge in [-0.05, 0) is 6.92 Å². The average Bonchev–Trinajstić information content (AvgIpc) is 2.93. The molecule has 0 fully saturated rings. The molecule has 24 heavy (non-hydrogen) atoms. The fourth-order valence-electron chi connectivity index (χ4n) is 1.69. The molecule has 0 saturated heterocycles. The Morgan fingerprint density at radius 3 is 2.46 bits per heavy atom. The highest BCUT2D eigenvalue weighted by Crippen LogP contribution is 2.22. The maximum atomic E-state index is 11.5. The minimum absolute atomic E-state index is 0. The smallest absolute Gasteiger partial charge is 0.216 e. The van der Waals surface area contributed by atoms with Gasteiger partial charge in [0.15, 0.2) is 15.8 Å². The van der Waals surface area contributed by atoms with Crippen LogP contribution in [-0.2, 0) is 21.8 Å². The lowest BCUT2D eigenvalue weighted by Crippen LogP contribution is -2.39. The van der Waals surface area contributed by atoms with E-state index >= 15 is 0 Å². The maximum absolute atomic E-state index is 11.5. The van der Waals surface area contributed by atoms with Gasteiger partial charge in [-0.25, -0.2) is 18.4 Å². The van der Waals surface area contributed by atoms with Crippen LogP contribution in [0.15, 0.2) is 15.6 Å². The summed E-state index contributed by atoms with van der Waals surface area (Å²) in [6.45, 7) is 11.1. The second kappa shape index (κ2) is 10.2. The molecule has 0 spiro atoms. The van der Waals surface area contributed by atoms with Gasteiger partial charge in [0.25, 0.3) is 0 Å². The van der Waals surface area contributed by atoms with Crippen molar-refractivity contribution in [1.29, 1.82) is 0 Å². The van der Waals surface area contributed by atoms with E-state index in [1.165, 1.54) is 0 Å². The van der Waals surface area contributed by atoms with Crippen LogP contribution in [0.2, 0.25) is 0 Å². The summed E-state index contributed by atoms with van der Waals surface area (Å²) in [5, 5.41) is 6.08. The van der Waals surface area contributed by atoms with E-state index < -0.39 is 9.84 Å². The Morgan fingerprint density at radius 1 is 1.29 bits per heavy atom. The highest BCUT2D eigenvalue weighted by molar-refractivity contribution is 14.0. The van der Waals surface area contributed by atoms with Gasteiger partial charge in [0.1, 0.15) is 12.3 Å². The van der Waals surface area contributed by atoms with Crippen LogP contribution in [0, 0.1) is 0 Å². The summed E-state index contributed by atoms with van der Waals surface area (Å²) >= 11 is 0. The number of guanidine groups is 1. The van der Waals surface area contributed by atoms with Crippen molar-refractivity contribution < 1.29 is 12.8 Å². The monoisotopic (exact) mass is 472 g/mol. The molecule has 0 aliphatic heterocycles. The molecular formula is C15H29IN4O3S. The van der Waals surface area contributed by atoms with Crippen molar-refractivity contribution in [1.82, 2.24) is 15.6 Å². The molecule has 0 atom stereocenters. The van der Waals surface area contributed by atoms with Crippen LogP contribution in [-0.4, -0.2) is 44.0 Å². The maximum Gasteiger partial charge on any atom is 0.216 e. The molecule has 0 amide bonds. The molecule has 1 heterocycles. The highest BCUT2D eigenvalue weighted by atomic mass is 127. The van der Waals surface area contributed by atoms with Crippen LogP contribution in [0.5, 0.6) is 0 Å². The average molecular weight is 472 g/mol. The molecule has 2 N–H and O–H groups in total. The summed E-state index contributed by atoms with van der Waals surface area (Å²) in [5.41, 5.74) is -0.0910. The van der Waals surface area contributed by atoms with Crippen LogP contribution >= 0.6 is 24.0 Å². The van der Waals surface area contributed by atoms with Gasteiger partial charge in [0, 0.05) is 24.3 Å². The van der Waals surface area contributed by atoms with Crippen molar-refractivity contribution in [2.45, 2.75) is 46.6 Å². The molecule has 1 aromatic heterocycles. The number of halogens is 1. The van der Waals surface area contributed by atoms with Crippen LogP contribution in [0.4, 0.5) is 0 Å². The number of rotatable bonds is 7. The van der Waals surface area contributed by atoms with Crippen LogP contribution < -0.4 is 10.6 Å². The molecular weight excluding hydrogens is 443 g/mol. The van der Waals surface area contributed by atoms with Crippen LogP contribution in [0.3, 0.4) is 0 Å². The van der Waals surface area contributed by atoms with E-state index in [1.54, 1.807) is 13.1 Å². The van der Waals surface area contributed by atoms with E-state index in [1.807, 2.05) is 6.92 Å². The molecule has 0 radical (unpaired) electrons. The number of hydrogen-bond donors (Lipinski definition) is 2. The topological polar surface area (TPSA) is 96.6 Å². The lowest BCUT2D eigenvalue weighted by Gasteiger charge is -2.13. The first kappa shape index (κ1) is 23.2. The Morgan fingerprint density at radius 2 is 1.96 bits per heavy atom.